The molecule has 0 aromatic carbocycles. The van der Waals surface area contributed by atoms with Crippen LogP contribution in [0, 0.1) is 0 Å². The van der Waals surface area contributed by atoms with E-state index in [1.54, 1.807) is 0 Å². The Morgan fingerprint density at radius 3 is 2.62 bits per heavy atom. The first kappa shape index (κ1) is 12.1. The van der Waals surface area contributed by atoms with Crippen molar-refractivity contribution in [2.24, 2.45) is 0 Å². The molecule has 1 fully saturated rings. The maximum Gasteiger partial charge on any atom is 0.0221 e. The van der Waals surface area contributed by atoms with Crippen molar-refractivity contribution in [1.82, 2.24) is 10.2 Å². The molecule has 2 unspecified atom stereocenters. The Morgan fingerprint density at radius 2 is 2.00 bits per heavy atom. The van der Waals surface area contributed by atoms with E-state index in [0.29, 0.717) is 0 Å². The van der Waals surface area contributed by atoms with E-state index in [4.69, 9.17) is 0 Å². The van der Waals surface area contributed by atoms with Crippen LogP contribution in [0.5, 0.6) is 0 Å². The molecular weight excluding hydrogens is 196 g/mol. The fourth-order valence-electron chi connectivity index (χ4n) is 3.13. The molecule has 0 aromatic heterocycles. The molecule has 1 aliphatic carbocycles. The Bertz CT molecular complexity index is 227. The maximum atomic E-state index is 3.71. The zero-order valence-corrected chi connectivity index (χ0v) is 10.8. The van der Waals surface area contributed by atoms with Gasteiger partial charge in [0.2, 0.25) is 0 Å². The van der Waals surface area contributed by atoms with E-state index in [0.717, 1.165) is 18.1 Å². The van der Waals surface area contributed by atoms with Crippen LogP contribution in [0.25, 0.3) is 0 Å². The van der Waals surface area contributed by atoms with Crippen molar-refractivity contribution >= 4 is 0 Å². The minimum atomic E-state index is 0.730. The maximum absolute atomic E-state index is 3.71. The second-order valence-electron chi connectivity index (χ2n) is 5.25. The van der Waals surface area contributed by atoms with Gasteiger partial charge in [-0.05, 0) is 25.7 Å². The Kier molecular flexibility index (Phi) is 4.42. The Balaban J connectivity index is 1.93. The van der Waals surface area contributed by atoms with Gasteiger partial charge in [-0.2, -0.15) is 0 Å². The Hall–Kier alpha value is -0.340. The van der Waals surface area contributed by atoms with Crippen LogP contribution in [0.2, 0.25) is 0 Å². The van der Waals surface area contributed by atoms with Gasteiger partial charge in [-0.3, -0.25) is 4.90 Å². The standard InChI is InChI=1S/C14H26N2/c1-3-7-12-11-16(13(4-2)10-15-12)14-8-5-6-9-14/h5-6,12-15H,3-4,7-11H2,1-2H3. The lowest BCUT2D eigenvalue weighted by molar-refractivity contribution is 0.0811. The molecule has 2 aliphatic rings. The first-order chi connectivity index (χ1) is 7.85. The molecule has 1 heterocycles. The first-order valence-electron chi connectivity index (χ1n) is 6.99. The van der Waals surface area contributed by atoms with E-state index in [1.165, 1.54) is 45.2 Å². The largest absolute Gasteiger partial charge is 0.311 e. The summed E-state index contributed by atoms with van der Waals surface area (Å²) in [5.41, 5.74) is 0. The van der Waals surface area contributed by atoms with Gasteiger partial charge in [0, 0.05) is 31.2 Å². The highest BCUT2D eigenvalue weighted by Crippen LogP contribution is 2.23. The molecule has 0 saturated carbocycles. The molecule has 2 heteroatoms. The molecular formula is C14H26N2. The molecule has 0 amide bonds. The summed E-state index contributed by atoms with van der Waals surface area (Å²) in [6, 6.07) is 2.29. The molecule has 2 nitrogen and oxygen atoms in total. The number of hydrogen-bond donors (Lipinski definition) is 1. The van der Waals surface area contributed by atoms with Crippen molar-refractivity contribution in [3.8, 4) is 0 Å². The number of hydrogen-bond acceptors (Lipinski definition) is 2. The summed E-state index contributed by atoms with van der Waals surface area (Å²) in [6.07, 6.45) is 11.2. The van der Waals surface area contributed by atoms with Crippen LogP contribution in [0.3, 0.4) is 0 Å². The number of piperazine rings is 1. The number of rotatable bonds is 4. The van der Waals surface area contributed by atoms with Crippen LogP contribution >= 0.6 is 0 Å². The lowest BCUT2D eigenvalue weighted by atomic mass is 10.00. The average molecular weight is 222 g/mol. The van der Waals surface area contributed by atoms with Gasteiger partial charge in [0.25, 0.3) is 0 Å². The van der Waals surface area contributed by atoms with Gasteiger partial charge in [0.15, 0.2) is 0 Å². The third-order valence-electron chi connectivity index (χ3n) is 4.10. The van der Waals surface area contributed by atoms with E-state index in [1.807, 2.05) is 0 Å². The Labute approximate surface area is 100 Å². The van der Waals surface area contributed by atoms with E-state index >= 15 is 0 Å². The van der Waals surface area contributed by atoms with E-state index in [2.05, 4.69) is 36.2 Å². The summed E-state index contributed by atoms with van der Waals surface area (Å²) >= 11 is 0. The quantitative estimate of drug-likeness (QED) is 0.735. The highest BCUT2D eigenvalue weighted by atomic mass is 15.3. The van der Waals surface area contributed by atoms with Crippen LogP contribution in [-0.2, 0) is 0 Å². The van der Waals surface area contributed by atoms with Crippen LogP contribution in [-0.4, -0.2) is 36.1 Å². The topological polar surface area (TPSA) is 15.3 Å². The van der Waals surface area contributed by atoms with Crippen molar-refractivity contribution in [3.63, 3.8) is 0 Å². The molecule has 1 aliphatic heterocycles. The van der Waals surface area contributed by atoms with Gasteiger partial charge >= 0.3 is 0 Å². The molecule has 0 radical (unpaired) electrons. The molecule has 0 spiro atoms. The van der Waals surface area contributed by atoms with Crippen LogP contribution < -0.4 is 5.32 Å². The van der Waals surface area contributed by atoms with Crippen LogP contribution in [0.4, 0.5) is 0 Å². The minimum absolute atomic E-state index is 0.730. The molecule has 0 aromatic rings. The molecule has 16 heavy (non-hydrogen) atoms. The lowest BCUT2D eigenvalue weighted by Crippen LogP contribution is -2.58. The smallest absolute Gasteiger partial charge is 0.0221 e. The fourth-order valence-corrected chi connectivity index (χ4v) is 3.13. The Morgan fingerprint density at radius 1 is 1.25 bits per heavy atom. The summed E-state index contributed by atoms with van der Waals surface area (Å²) in [6.45, 7) is 7.06. The summed E-state index contributed by atoms with van der Waals surface area (Å²) in [4.78, 5) is 2.77. The fraction of sp³-hybridized carbons (Fsp3) is 0.857. The molecule has 1 N–H and O–H groups in total. The third-order valence-corrected chi connectivity index (χ3v) is 4.10. The van der Waals surface area contributed by atoms with E-state index in [9.17, 15) is 0 Å². The zero-order chi connectivity index (χ0) is 11.4. The SMILES string of the molecule is CCCC1CN(C2CC=CC2)C(CC)CN1. The van der Waals surface area contributed by atoms with E-state index < -0.39 is 0 Å². The molecule has 2 atom stereocenters. The van der Waals surface area contributed by atoms with Gasteiger partial charge in [-0.25, -0.2) is 0 Å². The second-order valence-corrected chi connectivity index (χ2v) is 5.25. The van der Waals surface area contributed by atoms with Crippen molar-refractivity contribution in [3.05, 3.63) is 12.2 Å². The average Bonchev–Trinajstić information content (AvgIpc) is 2.83. The van der Waals surface area contributed by atoms with Gasteiger partial charge in [-0.1, -0.05) is 32.4 Å². The van der Waals surface area contributed by atoms with Crippen molar-refractivity contribution in [1.29, 1.82) is 0 Å². The summed E-state index contributed by atoms with van der Waals surface area (Å²) in [5.74, 6) is 0. The first-order valence-corrected chi connectivity index (χ1v) is 6.99. The summed E-state index contributed by atoms with van der Waals surface area (Å²) in [7, 11) is 0. The van der Waals surface area contributed by atoms with Crippen molar-refractivity contribution in [2.45, 2.75) is 64.1 Å². The number of nitrogens with zero attached hydrogens (tertiary/aromatic N) is 1. The highest BCUT2D eigenvalue weighted by Gasteiger charge is 2.31. The van der Waals surface area contributed by atoms with Crippen molar-refractivity contribution in [2.75, 3.05) is 13.1 Å². The van der Waals surface area contributed by atoms with Crippen LogP contribution in [0.15, 0.2) is 12.2 Å². The van der Waals surface area contributed by atoms with Gasteiger partial charge in [0.1, 0.15) is 0 Å². The normalized spacial score (nSPS) is 32.4. The predicted octanol–water partition coefficient (Wildman–Crippen LogP) is 2.56. The number of nitrogens with one attached hydrogen (secondary N) is 1. The molecule has 2 rings (SSSR count). The second kappa shape index (κ2) is 5.83. The van der Waals surface area contributed by atoms with Gasteiger partial charge < -0.3 is 5.32 Å². The van der Waals surface area contributed by atoms with E-state index in [-0.39, 0.29) is 0 Å². The molecule has 92 valence electrons. The molecule has 1 saturated heterocycles. The minimum Gasteiger partial charge on any atom is -0.311 e. The monoisotopic (exact) mass is 222 g/mol. The summed E-state index contributed by atoms with van der Waals surface area (Å²) in [5, 5.41) is 3.71. The van der Waals surface area contributed by atoms with Gasteiger partial charge in [0.05, 0.1) is 0 Å². The summed E-state index contributed by atoms with van der Waals surface area (Å²) < 4.78 is 0. The highest BCUT2D eigenvalue weighted by molar-refractivity contribution is 5.01. The predicted molar refractivity (Wildman–Crippen MR) is 69.6 cm³/mol. The van der Waals surface area contributed by atoms with Crippen LogP contribution in [0.1, 0.15) is 46.0 Å². The lowest BCUT2D eigenvalue weighted by Gasteiger charge is -2.43. The zero-order valence-electron chi connectivity index (χ0n) is 10.8. The van der Waals surface area contributed by atoms with Crippen molar-refractivity contribution < 1.29 is 0 Å². The molecule has 0 bridgehead atoms. The third kappa shape index (κ3) is 2.67. The van der Waals surface area contributed by atoms with Gasteiger partial charge in [-0.15, -0.1) is 0 Å².